The minimum atomic E-state index is 0.0235. The highest BCUT2D eigenvalue weighted by molar-refractivity contribution is 5.61. The van der Waals surface area contributed by atoms with Gasteiger partial charge in [0, 0.05) is 11.1 Å². The summed E-state index contributed by atoms with van der Waals surface area (Å²) in [5, 5.41) is 8.60. The molecule has 0 atom stereocenters. The Kier molecular flexibility index (Phi) is 5.65. The summed E-state index contributed by atoms with van der Waals surface area (Å²) in [6, 6.07) is 14.2. The molecular formula is C25H30N2O2. The summed E-state index contributed by atoms with van der Waals surface area (Å²) in [5.74, 6) is 1.74. The third-order valence-electron chi connectivity index (χ3n) is 4.79. The molecule has 3 aromatic rings. The van der Waals surface area contributed by atoms with E-state index in [9.17, 15) is 0 Å². The smallest absolute Gasteiger partial charge is 0.248 e. The van der Waals surface area contributed by atoms with Crippen LogP contribution in [0.15, 0.2) is 59.5 Å². The van der Waals surface area contributed by atoms with E-state index < -0.39 is 0 Å². The van der Waals surface area contributed by atoms with Gasteiger partial charge in [0.05, 0.1) is 0 Å². The van der Waals surface area contributed by atoms with Gasteiger partial charge in [-0.2, -0.15) is 0 Å². The van der Waals surface area contributed by atoms with Crippen LogP contribution in [-0.4, -0.2) is 16.8 Å². The van der Waals surface area contributed by atoms with Crippen LogP contribution >= 0.6 is 0 Å². The standard InChI is InChI=1S/C25H30N2O2/c1-8-12-28-21-11-9-10-17(15-21)22-26-27-23(29-22)18-13-19(24(2,3)4)16-20(14-18)25(5,6)7/h8-11,13-16H,1,12H2,2-7H3. The molecule has 1 heterocycles. The van der Waals surface area contributed by atoms with Crippen molar-refractivity contribution in [2.45, 2.75) is 52.4 Å². The van der Waals surface area contributed by atoms with Gasteiger partial charge in [0.15, 0.2) is 0 Å². The summed E-state index contributed by atoms with van der Waals surface area (Å²) < 4.78 is 11.7. The molecule has 4 heteroatoms. The number of hydrogen-bond acceptors (Lipinski definition) is 4. The average molecular weight is 391 g/mol. The van der Waals surface area contributed by atoms with Gasteiger partial charge in [0.1, 0.15) is 12.4 Å². The van der Waals surface area contributed by atoms with Crippen LogP contribution in [0.4, 0.5) is 0 Å². The fourth-order valence-electron chi connectivity index (χ4n) is 2.95. The molecule has 1 aromatic heterocycles. The van der Waals surface area contributed by atoms with E-state index in [1.807, 2.05) is 24.3 Å². The van der Waals surface area contributed by atoms with Crippen LogP contribution in [0.1, 0.15) is 52.7 Å². The number of hydrogen-bond donors (Lipinski definition) is 0. The first-order valence-corrected chi connectivity index (χ1v) is 9.92. The van der Waals surface area contributed by atoms with Gasteiger partial charge in [0.2, 0.25) is 11.8 Å². The zero-order valence-corrected chi connectivity index (χ0v) is 18.2. The minimum absolute atomic E-state index is 0.0235. The molecule has 0 bridgehead atoms. The molecule has 152 valence electrons. The van der Waals surface area contributed by atoms with Crippen LogP contribution in [0.2, 0.25) is 0 Å². The first-order valence-electron chi connectivity index (χ1n) is 9.92. The lowest BCUT2D eigenvalue weighted by Crippen LogP contribution is -2.16. The predicted octanol–water partition coefficient (Wildman–Crippen LogP) is 6.56. The first-order chi connectivity index (χ1) is 13.6. The molecule has 0 saturated heterocycles. The van der Waals surface area contributed by atoms with Crippen molar-refractivity contribution in [3.05, 3.63) is 66.2 Å². The second-order valence-corrected chi connectivity index (χ2v) is 9.34. The number of ether oxygens (including phenoxy) is 1. The lowest BCUT2D eigenvalue weighted by Gasteiger charge is -2.25. The van der Waals surface area contributed by atoms with Gasteiger partial charge in [-0.05, 0) is 52.3 Å². The maximum atomic E-state index is 6.05. The summed E-state index contributed by atoms with van der Waals surface area (Å²) in [5.41, 5.74) is 4.32. The van der Waals surface area contributed by atoms with Crippen LogP contribution in [0, 0.1) is 0 Å². The van der Waals surface area contributed by atoms with Crippen LogP contribution in [-0.2, 0) is 10.8 Å². The third kappa shape index (κ3) is 4.94. The van der Waals surface area contributed by atoms with E-state index in [1.165, 1.54) is 11.1 Å². The zero-order chi connectivity index (χ0) is 21.2. The Hall–Kier alpha value is -2.88. The van der Waals surface area contributed by atoms with E-state index in [2.05, 4.69) is 76.5 Å². The van der Waals surface area contributed by atoms with Crippen molar-refractivity contribution < 1.29 is 9.15 Å². The van der Waals surface area contributed by atoms with Crippen molar-refractivity contribution in [1.82, 2.24) is 10.2 Å². The van der Waals surface area contributed by atoms with E-state index in [1.54, 1.807) is 6.08 Å². The van der Waals surface area contributed by atoms with Crippen LogP contribution in [0.5, 0.6) is 5.75 Å². The molecule has 0 radical (unpaired) electrons. The van der Waals surface area contributed by atoms with E-state index in [4.69, 9.17) is 9.15 Å². The summed E-state index contributed by atoms with van der Waals surface area (Å²) in [6.07, 6.45) is 1.71. The Morgan fingerprint density at radius 2 is 1.45 bits per heavy atom. The topological polar surface area (TPSA) is 48.2 Å². The molecule has 0 aliphatic rings. The summed E-state index contributed by atoms with van der Waals surface area (Å²) in [7, 11) is 0. The minimum Gasteiger partial charge on any atom is -0.490 e. The summed E-state index contributed by atoms with van der Waals surface area (Å²) >= 11 is 0. The molecule has 0 N–H and O–H groups in total. The van der Waals surface area contributed by atoms with Crippen LogP contribution in [0.25, 0.3) is 22.9 Å². The maximum Gasteiger partial charge on any atom is 0.248 e. The second kappa shape index (κ2) is 7.86. The van der Waals surface area contributed by atoms with Crippen molar-refractivity contribution in [3.63, 3.8) is 0 Å². The molecule has 0 spiro atoms. The number of benzene rings is 2. The second-order valence-electron chi connectivity index (χ2n) is 9.34. The Bertz CT molecular complexity index is 972. The summed E-state index contributed by atoms with van der Waals surface area (Å²) in [6.45, 7) is 17.4. The van der Waals surface area contributed by atoms with Gasteiger partial charge in [-0.1, -0.05) is 66.3 Å². The van der Waals surface area contributed by atoms with Crippen LogP contribution in [0.3, 0.4) is 0 Å². The zero-order valence-electron chi connectivity index (χ0n) is 18.2. The SMILES string of the molecule is C=CCOc1cccc(-c2nnc(-c3cc(C(C)(C)C)cc(C(C)(C)C)c3)o2)c1. The highest BCUT2D eigenvalue weighted by Crippen LogP contribution is 2.34. The number of nitrogens with zero attached hydrogens (tertiary/aromatic N) is 2. The lowest BCUT2D eigenvalue weighted by atomic mass is 9.79. The van der Waals surface area contributed by atoms with Crippen molar-refractivity contribution in [2.24, 2.45) is 0 Å². The van der Waals surface area contributed by atoms with E-state index >= 15 is 0 Å². The van der Waals surface area contributed by atoms with Gasteiger partial charge in [-0.25, -0.2) is 0 Å². The normalized spacial score (nSPS) is 12.1. The Morgan fingerprint density at radius 3 is 2.00 bits per heavy atom. The third-order valence-corrected chi connectivity index (χ3v) is 4.79. The molecular weight excluding hydrogens is 360 g/mol. The maximum absolute atomic E-state index is 6.05. The first kappa shape index (κ1) is 20.8. The van der Waals surface area contributed by atoms with Crippen molar-refractivity contribution in [3.8, 4) is 28.7 Å². The van der Waals surface area contributed by atoms with Gasteiger partial charge in [-0.15, -0.1) is 10.2 Å². The molecule has 4 nitrogen and oxygen atoms in total. The van der Waals surface area contributed by atoms with Gasteiger partial charge in [0.25, 0.3) is 0 Å². The Labute approximate surface area is 173 Å². The van der Waals surface area contributed by atoms with Crippen molar-refractivity contribution in [2.75, 3.05) is 6.61 Å². The van der Waals surface area contributed by atoms with E-state index in [-0.39, 0.29) is 10.8 Å². The molecule has 0 fully saturated rings. The monoisotopic (exact) mass is 390 g/mol. The molecule has 3 rings (SSSR count). The van der Waals surface area contributed by atoms with E-state index in [0.717, 1.165) is 16.9 Å². The molecule has 2 aromatic carbocycles. The molecule has 0 amide bonds. The largest absolute Gasteiger partial charge is 0.490 e. The highest BCUT2D eigenvalue weighted by Gasteiger charge is 2.22. The molecule has 0 saturated carbocycles. The van der Waals surface area contributed by atoms with Crippen molar-refractivity contribution >= 4 is 0 Å². The van der Waals surface area contributed by atoms with Gasteiger partial charge < -0.3 is 9.15 Å². The molecule has 29 heavy (non-hydrogen) atoms. The predicted molar refractivity (Wildman–Crippen MR) is 118 cm³/mol. The lowest BCUT2D eigenvalue weighted by molar-refractivity contribution is 0.363. The van der Waals surface area contributed by atoms with Crippen molar-refractivity contribution in [1.29, 1.82) is 0 Å². The Morgan fingerprint density at radius 1 is 0.862 bits per heavy atom. The quantitative estimate of drug-likeness (QED) is 0.463. The fraction of sp³-hybridized carbons (Fsp3) is 0.360. The number of rotatable bonds is 5. The summed E-state index contributed by atoms with van der Waals surface area (Å²) in [4.78, 5) is 0. The number of aromatic nitrogens is 2. The van der Waals surface area contributed by atoms with Gasteiger partial charge >= 0.3 is 0 Å². The van der Waals surface area contributed by atoms with E-state index in [0.29, 0.717) is 18.4 Å². The highest BCUT2D eigenvalue weighted by atomic mass is 16.5. The Balaban J connectivity index is 2.01. The molecule has 0 unspecified atom stereocenters. The fourth-order valence-corrected chi connectivity index (χ4v) is 2.95. The molecule has 0 aliphatic carbocycles. The molecule has 0 aliphatic heterocycles. The van der Waals surface area contributed by atoms with Gasteiger partial charge in [-0.3, -0.25) is 0 Å². The van der Waals surface area contributed by atoms with Crippen LogP contribution < -0.4 is 4.74 Å². The average Bonchev–Trinajstić information content (AvgIpc) is 3.15.